The molecule has 2 rings (SSSR count). The second-order valence-electron chi connectivity index (χ2n) is 4.41. The summed E-state index contributed by atoms with van der Waals surface area (Å²) < 4.78 is 1.43. The van der Waals surface area contributed by atoms with E-state index in [0.717, 1.165) is 5.39 Å². The van der Waals surface area contributed by atoms with E-state index < -0.39 is 0 Å². The molecule has 0 saturated heterocycles. The fourth-order valence-electron chi connectivity index (χ4n) is 1.87. The van der Waals surface area contributed by atoms with E-state index in [0.29, 0.717) is 11.3 Å². The van der Waals surface area contributed by atoms with Crippen molar-refractivity contribution in [3.63, 3.8) is 0 Å². The molecule has 0 spiro atoms. The van der Waals surface area contributed by atoms with E-state index in [1.165, 1.54) is 10.1 Å². The van der Waals surface area contributed by atoms with E-state index in [1.807, 2.05) is 30.3 Å². The lowest BCUT2D eigenvalue weighted by Gasteiger charge is -2.08. The Balaban J connectivity index is 2.65. The van der Waals surface area contributed by atoms with Gasteiger partial charge in [-0.15, -0.1) is 0 Å². The molecule has 17 heavy (non-hydrogen) atoms. The molecular formula is C14H14N2O. The highest BCUT2D eigenvalue weighted by atomic mass is 16.1. The van der Waals surface area contributed by atoms with E-state index in [-0.39, 0.29) is 12.1 Å². The van der Waals surface area contributed by atoms with Crippen molar-refractivity contribution >= 4 is 10.8 Å². The summed E-state index contributed by atoms with van der Waals surface area (Å²) in [5.41, 5.74) is 1.12. The molecule has 0 N–H and O–H groups in total. The van der Waals surface area contributed by atoms with Gasteiger partial charge in [0.25, 0.3) is 5.56 Å². The summed E-state index contributed by atoms with van der Waals surface area (Å²) >= 11 is 0. The van der Waals surface area contributed by atoms with Gasteiger partial charge < -0.3 is 4.57 Å². The molecule has 1 heterocycles. The number of pyridine rings is 1. The molecule has 0 atom stereocenters. The summed E-state index contributed by atoms with van der Waals surface area (Å²) in [5, 5.41) is 10.2. The summed E-state index contributed by atoms with van der Waals surface area (Å²) in [6.45, 7) is 4.34. The average molecular weight is 226 g/mol. The van der Waals surface area contributed by atoms with Gasteiger partial charge in [-0.3, -0.25) is 4.79 Å². The van der Waals surface area contributed by atoms with Crippen LogP contribution in [-0.2, 0) is 6.54 Å². The minimum atomic E-state index is -0.0978. The molecule has 0 bridgehead atoms. The normalized spacial score (nSPS) is 10.7. The van der Waals surface area contributed by atoms with Crippen molar-refractivity contribution in [3.05, 3.63) is 46.4 Å². The van der Waals surface area contributed by atoms with Crippen LogP contribution in [0, 0.1) is 11.3 Å². The van der Waals surface area contributed by atoms with Crippen molar-refractivity contribution in [2.24, 2.45) is 0 Å². The number of aromatic nitrogens is 1. The zero-order valence-corrected chi connectivity index (χ0v) is 9.97. The standard InChI is InChI=1S/C14H14N2O/c1-10(2)11-3-4-13-12(9-11)5-7-16(8-6-15)14(13)17/h3-5,7,9-10H,8H2,1-2H3. The van der Waals surface area contributed by atoms with Gasteiger partial charge in [0.15, 0.2) is 0 Å². The number of benzene rings is 1. The van der Waals surface area contributed by atoms with Gasteiger partial charge in [0.2, 0.25) is 0 Å². The van der Waals surface area contributed by atoms with Crippen LogP contribution in [0.2, 0.25) is 0 Å². The molecule has 0 radical (unpaired) electrons. The molecule has 0 saturated carbocycles. The maximum absolute atomic E-state index is 12.0. The van der Waals surface area contributed by atoms with Crippen LogP contribution >= 0.6 is 0 Å². The first kappa shape index (κ1) is 11.4. The molecule has 1 aromatic heterocycles. The molecule has 0 aliphatic heterocycles. The van der Waals surface area contributed by atoms with Gasteiger partial charge in [0, 0.05) is 11.6 Å². The summed E-state index contributed by atoms with van der Waals surface area (Å²) in [4.78, 5) is 12.0. The van der Waals surface area contributed by atoms with Gasteiger partial charge in [-0.1, -0.05) is 26.0 Å². The van der Waals surface area contributed by atoms with Crippen LogP contribution in [0.3, 0.4) is 0 Å². The Kier molecular flexibility index (Phi) is 2.97. The minimum absolute atomic E-state index is 0.0978. The third-order valence-electron chi connectivity index (χ3n) is 2.91. The van der Waals surface area contributed by atoms with Crippen molar-refractivity contribution in [3.8, 4) is 6.07 Å². The van der Waals surface area contributed by atoms with Crippen LogP contribution in [0.15, 0.2) is 35.3 Å². The number of nitriles is 1. The maximum atomic E-state index is 12.0. The Morgan fingerprint density at radius 1 is 1.35 bits per heavy atom. The van der Waals surface area contributed by atoms with Crippen molar-refractivity contribution in [1.82, 2.24) is 4.57 Å². The first-order chi connectivity index (χ1) is 8.13. The van der Waals surface area contributed by atoms with Gasteiger partial charge >= 0.3 is 0 Å². The van der Waals surface area contributed by atoms with Crippen LogP contribution in [-0.4, -0.2) is 4.57 Å². The topological polar surface area (TPSA) is 45.8 Å². The number of rotatable bonds is 2. The Hall–Kier alpha value is -2.08. The second kappa shape index (κ2) is 4.42. The van der Waals surface area contributed by atoms with Crippen LogP contribution in [0.25, 0.3) is 10.8 Å². The molecule has 0 amide bonds. The molecule has 0 fully saturated rings. The monoisotopic (exact) mass is 226 g/mol. The van der Waals surface area contributed by atoms with E-state index in [1.54, 1.807) is 6.20 Å². The molecule has 2 aromatic rings. The third-order valence-corrected chi connectivity index (χ3v) is 2.91. The molecule has 1 aromatic carbocycles. The smallest absolute Gasteiger partial charge is 0.259 e. The highest BCUT2D eigenvalue weighted by Gasteiger charge is 2.05. The quantitative estimate of drug-likeness (QED) is 0.790. The molecule has 86 valence electrons. The lowest BCUT2D eigenvalue weighted by molar-refractivity contribution is 0.797. The fourth-order valence-corrected chi connectivity index (χ4v) is 1.87. The highest BCUT2D eigenvalue weighted by Crippen LogP contribution is 2.19. The minimum Gasteiger partial charge on any atom is -0.301 e. The van der Waals surface area contributed by atoms with Gasteiger partial charge in [0.1, 0.15) is 6.54 Å². The number of hydrogen-bond acceptors (Lipinski definition) is 2. The van der Waals surface area contributed by atoms with E-state index in [2.05, 4.69) is 13.8 Å². The number of fused-ring (bicyclic) bond motifs is 1. The Morgan fingerprint density at radius 2 is 2.12 bits per heavy atom. The SMILES string of the molecule is CC(C)c1ccc2c(=O)n(CC#N)ccc2c1. The predicted octanol–water partition coefficient (Wildman–Crippen LogP) is 2.65. The number of nitrogens with zero attached hydrogens (tertiary/aromatic N) is 2. The summed E-state index contributed by atoms with van der Waals surface area (Å²) in [6, 6.07) is 9.74. The van der Waals surface area contributed by atoms with Crippen LogP contribution in [0.4, 0.5) is 0 Å². The Labute approximate surface area is 99.9 Å². The molecule has 3 heteroatoms. The Bertz CT molecular complexity index is 647. The first-order valence-electron chi connectivity index (χ1n) is 5.63. The van der Waals surface area contributed by atoms with Crippen molar-refractivity contribution in [2.75, 3.05) is 0 Å². The zero-order valence-electron chi connectivity index (χ0n) is 9.97. The van der Waals surface area contributed by atoms with Gasteiger partial charge in [-0.05, 0) is 29.0 Å². The van der Waals surface area contributed by atoms with Crippen LogP contribution in [0.1, 0.15) is 25.3 Å². The molecule has 0 aliphatic rings. The molecule has 0 aliphatic carbocycles. The maximum Gasteiger partial charge on any atom is 0.259 e. The molecule has 0 unspecified atom stereocenters. The zero-order chi connectivity index (χ0) is 12.4. The van der Waals surface area contributed by atoms with Gasteiger partial charge in [0.05, 0.1) is 6.07 Å². The van der Waals surface area contributed by atoms with Crippen molar-refractivity contribution < 1.29 is 0 Å². The van der Waals surface area contributed by atoms with Crippen LogP contribution in [0.5, 0.6) is 0 Å². The highest BCUT2D eigenvalue weighted by molar-refractivity contribution is 5.82. The predicted molar refractivity (Wildman–Crippen MR) is 67.9 cm³/mol. The lowest BCUT2D eigenvalue weighted by Crippen LogP contribution is -2.18. The van der Waals surface area contributed by atoms with Gasteiger partial charge in [-0.2, -0.15) is 5.26 Å². The van der Waals surface area contributed by atoms with Crippen LogP contribution < -0.4 is 5.56 Å². The Morgan fingerprint density at radius 3 is 2.76 bits per heavy atom. The molecule has 3 nitrogen and oxygen atoms in total. The van der Waals surface area contributed by atoms with Gasteiger partial charge in [-0.25, -0.2) is 0 Å². The fraction of sp³-hybridized carbons (Fsp3) is 0.286. The van der Waals surface area contributed by atoms with E-state index in [9.17, 15) is 4.79 Å². The summed E-state index contributed by atoms with van der Waals surface area (Å²) in [6.07, 6.45) is 1.68. The van der Waals surface area contributed by atoms with Crippen molar-refractivity contribution in [1.29, 1.82) is 5.26 Å². The second-order valence-corrected chi connectivity index (χ2v) is 4.41. The summed E-state index contributed by atoms with van der Waals surface area (Å²) in [7, 11) is 0. The first-order valence-corrected chi connectivity index (χ1v) is 5.63. The van der Waals surface area contributed by atoms with Crippen molar-refractivity contribution in [2.45, 2.75) is 26.3 Å². The average Bonchev–Trinajstić information content (AvgIpc) is 2.32. The largest absolute Gasteiger partial charge is 0.301 e. The summed E-state index contributed by atoms with van der Waals surface area (Å²) in [5.74, 6) is 0.445. The van der Waals surface area contributed by atoms with E-state index >= 15 is 0 Å². The number of hydrogen-bond donors (Lipinski definition) is 0. The van der Waals surface area contributed by atoms with E-state index in [4.69, 9.17) is 5.26 Å². The molecular weight excluding hydrogens is 212 g/mol. The lowest BCUT2D eigenvalue weighted by atomic mass is 10.0. The third kappa shape index (κ3) is 2.07.